The van der Waals surface area contributed by atoms with Gasteiger partial charge in [0, 0.05) is 26.1 Å². The first-order valence-electron chi connectivity index (χ1n) is 8.70. The van der Waals surface area contributed by atoms with E-state index in [4.69, 9.17) is 0 Å². The summed E-state index contributed by atoms with van der Waals surface area (Å²) < 4.78 is 0. The van der Waals surface area contributed by atoms with Crippen molar-refractivity contribution in [2.45, 2.75) is 58.5 Å². The minimum absolute atomic E-state index is 0.0148. The van der Waals surface area contributed by atoms with E-state index < -0.39 is 0 Å². The summed E-state index contributed by atoms with van der Waals surface area (Å²) in [4.78, 5) is 28.3. The Morgan fingerprint density at radius 1 is 1.09 bits per heavy atom. The van der Waals surface area contributed by atoms with Crippen molar-refractivity contribution in [3.8, 4) is 0 Å². The van der Waals surface area contributed by atoms with Crippen LogP contribution in [0.2, 0.25) is 0 Å². The van der Waals surface area contributed by atoms with Crippen LogP contribution in [-0.4, -0.2) is 40.7 Å². The van der Waals surface area contributed by atoms with Crippen LogP contribution in [0.15, 0.2) is 30.3 Å². The van der Waals surface area contributed by atoms with Gasteiger partial charge in [-0.3, -0.25) is 9.59 Å². The fourth-order valence-electron chi connectivity index (χ4n) is 3.32. The Morgan fingerprint density at radius 2 is 1.74 bits per heavy atom. The molecule has 4 heteroatoms. The average molecular weight is 316 g/mol. The zero-order valence-corrected chi connectivity index (χ0v) is 14.3. The third kappa shape index (κ3) is 5.08. The summed E-state index contributed by atoms with van der Waals surface area (Å²) in [6, 6.07) is 10.2. The van der Waals surface area contributed by atoms with Crippen molar-refractivity contribution in [2.75, 3.05) is 13.1 Å². The summed E-state index contributed by atoms with van der Waals surface area (Å²) >= 11 is 0. The van der Waals surface area contributed by atoms with E-state index in [2.05, 4.69) is 0 Å². The summed E-state index contributed by atoms with van der Waals surface area (Å²) in [5, 5.41) is 0. The lowest BCUT2D eigenvalue weighted by Crippen LogP contribution is -2.47. The van der Waals surface area contributed by atoms with Gasteiger partial charge in [0.05, 0.1) is 6.54 Å². The molecule has 0 aromatic heterocycles. The Labute approximate surface area is 139 Å². The number of hydrogen-bond donors (Lipinski definition) is 0. The van der Waals surface area contributed by atoms with Gasteiger partial charge in [-0.1, -0.05) is 49.6 Å². The first-order chi connectivity index (χ1) is 11.1. The fourth-order valence-corrected chi connectivity index (χ4v) is 3.32. The van der Waals surface area contributed by atoms with Crippen LogP contribution in [0.25, 0.3) is 0 Å². The number of nitrogens with zero attached hydrogens (tertiary/aromatic N) is 2. The van der Waals surface area contributed by atoms with Crippen LogP contribution in [0.3, 0.4) is 0 Å². The minimum Gasteiger partial charge on any atom is -0.337 e. The Morgan fingerprint density at radius 3 is 2.30 bits per heavy atom. The summed E-state index contributed by atoms with van der Waals surface area (Å²) in [6.45, 7) is 5.03. The highest BCUT2D eigenvalue weighted by molar-refractivity contribution is 5.84. The molecule has 1 aromatic carbocycles. The lowest BCUT2D eigenvalue weighted by molar-refractivity contribution is -0.142. The molecular weight excluding hydrogens is 288 g/mol. The van der Waals surface area contributed by atoms with E-state index in [1.54, 1.807) is 11.8 Å². The normalized spacial score (nSPS) is 15.2. The van der Waals surface area contributed by atoms with Crippen LogP contribution in [0.5, 0.6) is 0 Å². The molecule has 0 N–H and O–H groups in total. The predicted molar refractivity (Wildman–Crippen MR) is 91.8 cm³/mol. The van der Waals surface area contributed by atoms with Crippen molar-refractivity contribution in [3.05, 3.63) is 35.9 Å². The molecule has 126 valence electrons. The minimum atomic E-state index is 0.0148. The van der Waals surface area contributed by atoms with Gasteiger partial charge >= 0.3 is 0 Å². The largest absolute Gasteiger partial charge is 0.337 e. The van der Waals surface area contributed by atoms with Crippen molar-refractivity contribution in [1.29, 1.82) is 0 Å². The van der Waals surface area contributed by atoms with E-state index in [1.165, 1.54) is 6.42 Å². The molecule has 0 heterocycles. The Bertz CT molecular complexity index is 509. The van der Waals surface area contributed by atoms with Crippen molar-refractivity contribution < 1.29 is 9.59 Å². The third-order valence-electron chi connectivity index (χ3n) is 4.68. The molecule has 0 radical (unpaired) electrons. The lowest BCUT2D eigenvalue weighted by atomic mass is 9.94. The highest BCUT2D eigenvalue weighted by Gasteiger charge is 2.26. The molecule has 0 unspecified atom stereocenters. The van der Waals surface area contributed by atoms with Gasteiger partial charge in [0.15, 0.2) is 0 Å². The van der Waals surface area contributed by atoms with Crippen molar-refractivity contribution in [2.24, 2.45) is 0 Å². The molecule has 0 spiro atoms. The van der Waals surface area contributed by atoms with E-state index in [-0.39, 0.29) is 24.4 Å². The molecule has 0 atom stereocenters. The number of carbonyl (C=O) groups excluding carboxylic acids is 2. The highest BCUT2D eigenvalue weighted by atomic mass is 16.2. The van der Waals surface area contributed by atoms with E-state index >= 15 is 0 Å². The topological polar surface area (TPSA) is 40.6 Å². The van der Waals surface area contributed by atoms with Gasteiger partial charge < -0.3 is 9.80 Å². The van der Waals surface area contributed by atoms with Gasteiger partial charge in [0.2, 0.25) is 11.8 Å². The first kappa shape index (κ1) is 17.5. The fraction of sp³-hybridized carbons (Fsp3) is 0.579. The van der Waals surface area contributed by atoms with E-state index in [0.717, 1.165) is 31.2 Å². The lowest BCUT2D eigenvalue weighted by Gasteiger charge is -2.34. The molecule has 1 saturated carbocycles. The van der Waals surface area contributed by atoms with Crippen molar-refractivity contribution in [3.63, 3.8) is 0 Å². The maximum atomic E-state index is 12.7. The number of carbonyl (C=O) groups is 2. The van der Waals surface area contributed by atoms with Crippen LogP contribution in [0, 0.1) is 0 Å². The molecule has 0 bridgehead atoms. The second-order valence-electron chi connectivity index (χ2n) is 6.33. The van der Waals surface area contributed by atoms with Crippen molar-refractivity contribution >= 4 is 11.8 Å². The summed E-state index contributed by atoms with van der Waals surface area (Å²) in [5.41, 5.74) is 1.12. The molecule has 1 aliphatic rings. The first-order valence-corrected chi connectivity index (χ1v) is 8.70. The van der Waals surface area contributed by atoms with Gasteiger partial charge in [-0.25, -0.2) is 0 Å². The third-order valence-corrected chi connectivity index (χ3v) is 4.68. The van der Waals surface area contributed by atoms with E-state index in [0.29, 0.717) is 13.1 Å². The van der Waals surface area contributed by atoms with Crippen LogP contribution in [0.1, 0.15) is 51.5 Å². The SMILES string of the molecule is CCN(Cc1ccccc1)C(=O)CN(C(C)=O)C1CCCCC1. The molecular formula is C19H28N2O2. The number of amides is 2. The standard InChI is InChI=1S/C19H28N2O2/c1-3-20(14-17-10-6-4-7-11-17)19(23)15-21(16(2)22)18-12-8-5-9-13-18/h4,6-7,10-11,18H,3,5,8-9,12-15H2,1-2H3. The Hall–Kier alpha value is -1.84. The molecule has 1 aliphatic carbocycles. The van der Waals surface area contributed by atoms with Crippen molar-refractivity contribution in [1.82, 2.24) is 9.80 Å². The summed E-state index contributed by atoms with van der Waals surface area (Å²) in [5.74, 6) is 0.0538. The summed E-state index contributed by atoms with van der Waals surface area (Å²) in [7, 11) is 0. The molecule has 23 heavy (non-hydrogen) atoms. The molecule has 0 aliphatic heterocycles. The highest BCUT2D eigenvalue weighted by Crippen LogP contribution is 2.22. The van der Waals surface area contributed by atoms with Gasteiger partial charge in [-0.15, -0.1) is 0 Å². The zero-order chi connectivity index (χ0) is 16.7. The Kier molecular flexibility index (Phi) is 6.63. The molecule has 2 rings (SSSR count). The Balaban J connectivity index is 1.99. The molecule has 1 fully saturated rings. The molecule has 1 aromatic rings. The quantitative estimate of drug-likeness (QED) is 0.808. The van der Waals surface area contributed by atoms with Crippen LogP contribution in [0.4, 0.5) is 0 Å². The van der Waals surface area contributed by atoms with Gasteiger partial charge in [-0.05, 0) is 25.3 Å². The number of hydrogen-bond acceptors (Lipinski definition) is 2. The smallest absolute Gasteiger partial charge is 0.242 e. The second-order valence-corrected chi connectivity index (χ2v) is 6.33. The van der Waals surface area contributed by atoms with Crippen LogP contribution >= 0.6 is 0 Å². The molecule has 0 saturated heterocycles. The molecule has 4 nitrogen and oxygen atoms in total. The number of benzene rings is 1. The van der Waals surface area contributed by atoms with Gasteiger partial charge in [0.1, 0.15) is 0 Å². The zero-order valence-electron chi connectivity index (χ0n) is 14.3. The maximum absolute atomic E-state index is 12.7. The summed E-state index contributed by atoms with van der Waals surface area (Å²) in [6.07, 6.45) is 5.61. The van der Waals surface area contributed by atoms with Gasteiger partial charge in [0.25, 0.3) is 0 Å². The van der Waals surface area contributed by atoms with E-state index in [9.17, 15) is 9.59 Å². The van der Waals surface area contributed by atoms with Crippen LogP contribution < -0.4 is 0 Å². The van der Waals surface area contributed by atoms with E-state index in [1.807, 2.05) is 42.2 Å². The van der Waals surface area contributed by atoms with Crippen LogP contribution in [-0.2, 0) is 16.1 Å². The second kappa shape index (κ2) is 8.70. The monoisotopic (exact) mass is 316 g/mol. The average Bonchev–Trinajstić information content (AvgIpc) is 2.58. The number of rotatable bonds is 6. The predicted octanol–water partition coefficient (Wildman–Crippen LogP) is 3.22. The maximum Gasteiger partial charge on any atom is 0.242 e. The number of likely N-dealkylation sites (N-methyl/N-ethyl adjacent to an activating group) is 1. The van der Waals surface area contributed by atoms with Gasteiger partial charge in [-0.2, -0.15) is 0 Å². The molecule has 2 amide bonds.